The molecule has 2 fully saturated rings. The Hall–Kier alpha value is -2.18. The van der Waals surface area contributed by atoms with Gasteiger partial charge < -0.3 is 15.3 Å². The van der Waals surface area contributed by atoms with E-state index in [1.165, 1.54) is 11.0 Å². The normalized spacial score (nSPS) is 27.1. The Morgan fingerprint density at radius 2 is 1.93 bits per heavy atom. The first-order valence-corrected chi connectivity index (χ1v) is 9.10. The van der Waals surface area contributed by atoms with E-state index in [9.17, 15) is 23.5 Å². The lowest BCUT2D eigenvalue weighted by Gasteiger charge is -2.37. The highest BCUT2D eigenvalue weighted by atomic mass is 19.1. The number of halogens is 2. The first-order chi connectivity index (χ1) is 12.4. The molecule has 1 saturated carbocycles. The minimum Gasteiger partial charge on any atom is -0.480 e. The van der Waals surface area contributed by atoms with E-state index in [4.69, 9.17) is 0 Å². The van der Waals surface area contributed by atoms with Crippen molar-refractivity contribution in [1.29, 1.82) is 0 Å². The predicted octanol–water partition coefficient (Wildman–Crippen LogP) is 3.36. The van der Waals surface area contributed by atoms with Crippen LogP contribution < -0.4 is 5.32 Å². The third-order valence-electron chi connectivity index (χ3n) is 6.09. The van der Waals surface area contributed by atoms with Crippen LogP contribution in [0.1, 0.15) is 34.6 Å². The molecule has 0 spiro atoms. The predicted molar refractivity (Wildman–Crippen MR) is 97.1 cm³/mol. The lowest BCUT2D eigenvalue weighted by molar-refractivity contribution is -0.151. The van der Waals surface area contributed by atoms with Crippen molar-refractivity contribution in [3.8, 4) is 0 Å². The van der Waals surface area contributed by atoms with Gasteiger partial charge in [-0.25, -0.2) is 13.6 Å². The molecule has 1 amide bonds. The van der Waals surface area contributed by atoms with Crippen molar-refractivity contribution in [2.45, 2.75) is 46.7 Å². The number of carboxylic acid groups (broad SMARTS) is 1. The average molecular weight is 380 g/mol. The second kappa shape index (κ2) is 6.17. The number of hydrogen-bond donors (Lipinski definition) is 2. The van der Waals surface area contributed by atoms with Crippen molar-refractivity contribution in [2.24, 2.45) is 22.7 Å². The second-order valence-electron chi connectivity index (χ2n) is 9.29. The topological polar surface area (TPSA) is 69.6 Å². The van der Waals surface area contributed by atoms with Gasteiger partial charge in [0.05, 0.1) is 5.69 Å². The molecule has 0 aromatic heterocycles. The molecule has 1 aliphatic heterocycles. The van der Waals surface area contributed by atoms with E-state index in [-0.39, 0.29) is 28.8 Å². The van der Waals surface area contributed by atoms with Gasteiger partial charge in [0, 0.05) is 18.5 Å². The summed E-state index contributed by atoms with van der Waals surface area (Å²) >= 11 is 0. The summed E-state index contributed by atoms with van der Waals surface area (Å²) in [5.74, 6) is -2.79. The maximum atomic E-state index is 14.1. The van der Waals surface area contributed by atoms with Crippen molar-refractivity contribution in [3.63, 3.8) is 0 Å². The van der Waals surface area contributed by atoms with Gasteiger partial charge in [-0.3, -0.25) is 4.79 Å². The van der Waals surface area contributed by atoms with Crippen LogP contribution in [0, 0.1) is 34.3 Å². The number of nitrogens with one attached hydrogen (secondary N) is 1. The monoisotopic (exact) mass is 380 g/mol. The number of carbonyl (C=O) groups is 2. The molecule has 5 nitrogen and oxygen atoms in total. The van der Waals surface area contributed by atoms with Crippen LogP contribution in [0.2, 0.25) is 0 Å². The van der Waals surface area contributed by atoms with Crippen LogP contribution >= 0.6 is 0 Å². The number of piperidine rings is 1. The Bertz CT molecular complexity index is 788. The molecule has 1 aromatic rings. The van der Waals surface area contributed by atoms with Gasteiger partial charge in [-0.15, -0.1) is 0 Å². The number of hydrogen-bond acceptors (Lipinski definition) is 3. The van der Waals surface area contributed by atoms with E-state index in [2.05, 4.69) is 5.32 Å². The van der Waals surface area contributed by atoms with E-state index < -0.39 is 35.1 Å². The molecule has 1 aromatic carbocycles. The lowest BCUT2D eigenvalue weighted by Crippen LogP contribution is -2.54. The molecular weight excluding hydrogens is 354 g/mol. The molecule has 2 N–H and O–H groups in total. The summed E-state index contributed by atoms with van der Waals surface area (Å²) in [7, 11) is 0. The Labute approximate surface area is 157 Å². The Morgan fingerprint density at radius 1 is 1.30 bits per heavy atom. The van der Waals surface area contributed by atoms with Crippen LogP contribution in [-0.4, -0.2) is 40.5 Å². The van der Waals surface area contributed by atoms with Crippen LogP contribution in [-0.2, 0) is 9.59 Å². The second-order valence-corrected chi connectivity index (χ2v) is 9.29. The summed E-state index contributed by atoms with van der Waals surface area (Å²) in [4.78, 5) is 26.5. The van der Waals surface area contributed by atoms with E-state index >= 15 is 0 Å². The van der Waals surface area contributed by atoms with Crippen LogP contribution in [0.25, 0.3) is 0 Å². The number of aliphatic carboxylic acids is 1. The molecule has 7 heteroatoms. The molecule has 1 heterocycles. The van der Waals surface area contributed by atoms with E-state index in [1.54, 1.807) is 0 Å². The van der Waals surface area contributed by atoms with Crippen LogP contribution in [0.5, 0.6) is 0 Å². The molecule has 2 aliphatic rings. The molecule has 3 rings (SSSR count). The molecule has 27 heavy (non-hydrogen) atoms. The highest BCUT2D eigenvalue weighted by Crippen LogP contribution is 2.65. The molecule has 1 saturated heterocycles. The highest BCUT2D eigenvalue weighted by Gasteiger charge is 2.70. The average Bonchev–Trinajstić information content (AvgIpc) is 2.91. The first kappa shape index (κ1) is 19.6. The Morgan fingerprint density at radius 3 is 2.44 bits per heavy atom. The number of carbonyl (C=O) groups excluding carboxylic acids is 1. The fourth-order valence-corrected chi connectivity index (χ4v) is 4.37. The zero-order valence-corrected chi connectivity index (χ0v) is 16.2. The maximum absolute atomic E-state index is 14.1. The summed E-state index contributed by atoms with van der Waals surface area (Å²) in [6.07, 6.45) is 0. The molecule has 148 valence electrons. The minimum atomic E-state index is -1.01. The fraction of sp³-hybridized carbons (Fsp3) is 0.600. The zero-order valence-electron chi connectivity index (χ0n) is 16.2. The summed E-state index contributed by atoms with van der Waals surface area (Å²) in [5, 5.41) is 12.6. The van der Waals surface area contributed by atoms with Gasteiger partial charge in [0.2, 0.25) is 5.91 Å². The van der Waals surface area contributed by atoms with Gasteiger partial charge in [-0.05, 0) is 28.9 Å². The molecule has 0 radical (unpaired) electrons. The summed E-state index contributed by atoms with van der Waals surface area (Å²) in [5.41, 5.74) is -0.683. The number of rotatable bonds is 4. The van der Waals surface area contributed by atoms with Crippen molar-refractivity contribution >= 4 is 17.6 Å². The number of amides is 1. The molecule has 1 aliphatic carbocycles. The van der Waals surface area contributed by atoms with Crippen LogP contribution in [0.15, 0.2) is 18.2 Å². The van der Waals surface area contributed by atoms with Crippen LogP contribution in [0.4, 0.5) is 14.5 Å². The van der Waals surface area contributed by atoms with Crippen molar-refractivity contribution in [3.05, 3.63) is 29.8 Å². The third-order valence-corrected chi connectivity index (χ3v) is 6.09. The largest absolute Gasteiger partial charge is 0.480 e. The zero-order chi connectivity index (χ0) is 20.3. The number of fused-ring (bicyclic) bond motifs is 1. The number of carboxylic acids is 1. The number of benzene rings is 1. The minimum absolute atomic E-state index is 0.0150. The van der Waals surface area contributed by atoms with E-state index in [1.807, 2.05) is 34.6 Å². The van der Waals surface area contributed by atoms with Gasteiger partial charge in [-0.2, -0.15) is 0 Å². The van der Waals surface area contributed by atoms with Gasteiger partial charge in [0.1, 0.15) is 23.7 Å². The van der Waals surface area contributed by atoms with Gasteiger partial charge >= 0.3 is 5.97 Å². The van der Waals surface area contributed by atoms with Crippen molar-refractivity contribution < 1.29 is 23.5 Å². The Kier molecular flexibility index (Phi) is 4.48. The first-order valence-electron chi connectivity index (χ1n) is 9.10. The third kappa shape index (κ3) is 3.28. The Balaban J connectivity index is 1.88. The smallest absolute Gasteiger partial charge is 0.326 e. The maximum Gasteiger partial charge on any atom is 0.326 e. The van der Waals surface area contributed by atoms with Gasteiger partial charge in [0.15, 0.2) is 0 Å². The van der Waals surface area contributed by atoms with Gasteiger partial charge in [0.25, 0.3) is 0 Å². The molecule has 0 bridgehead atoms. The van der Waals surface area contributed by atoms with Crippen molar-refractivity contribution in [2.75, 3.05) is 11.9 Å². The standard InChI is InChI=1S/C20H26F2N2O3/c1-19(2,3)16(23-13-7-6-10(21)8-12(13)22)17(25)24-9-11-14(20(11,4)5)15(24)18(26)27/h6-8,11,14-16,23H,9H2,1-5H3,(H,26,27)/t11-,14-,15-,16+/m0/s1. The fourth-order valence-electron chi connectivity index (χ4n) is 4.37. The SMILES string of the molecule is CC(C)(C)[C@H](Nc1ccc(F)cc1F)C(=O)N1C[C@H]2[C@@H]([C@H]1C(=O)O)C2(C)C. The number of nitrogens with zero attached hydrogens (tertiary/aromatic N) is 1. The number of anilines is 1. The highest BCUT2D eigenvalue weighted by molar-refractivity contribution is 5.91. The quantitative estimate of drug-likeness (QED) is 0.840. The summed E-state index contributed by atoms with van der Waals surface area (Å²) in [6, 6.07) is 1.39. The molecular formula is C20H26F2N2O3. The van der Waals surface area contributed by atoms with E-state index in [0.717, 1.165) is 12.1 Å². The van der Waals surface area contributed by atoms with E-state index in [0.29, 0.717) is 6.54 Å². The summed E-state index contributed by atoms with van der Waals surface area (Å²) < 4.78 is 27.3. The number of likely N-dealkylation sites (tertiary alicyclic amines) is 1. The van der Waals surface area contributed by atoms with Crippen molar-refractivity contribution in [1.82, 2.24) is 4.90 Å². The lowest BCUT2D eigenvalue weighted by atomic mass is 9.85. The van der Waals surface area contributed by atoms with Crippen LogP contribution in [0.3, 0.4) is 0 Å². The molecule has 0 unspecified atom stereocenters. The van der Waals surface area contributed by atoms with Gasteiger partial charge in [-0.1, -0.05) is 34.6 Å². The molecule has 4 atom stereocenters. The summed E-state index contributed by atoms with van der Waals surface area (Å²) in [6.45, 7) is 9.89.